The second kappa shape index (κ2) is 18.5. The second-order valence-electron chi connectivity index (χ2n) is 14.5. The Balaban J connectivity index is 1.18. The van der Waals surface area contributed by atoms with E-state index in [0.29, 0.717) is 93.9 Å². The highest BCUT2D eigenvalue weighted by Gasteiger charge is 2.28. The molecular weight excluding hydrogens is 756 g/mol. The Kier molecular flexibility index (Phi) is 13.5. The summed E-state index contributed by atoms with van der Waals surface area (Å²) in [4.78, 5) is 25.2. The Hall–Kier alpha value is -4.68. The highest BCUT2D eigenvalue weighted by atomic mass is 35.5. The summed E-state index contributed by atoms with van der Waals surface area (Å²) in [6.07, 6.45) is 5.55. The fourth-order valence-electron chi connectivity index (χ4n) is 7.83. The standard InChI is InChI=1S/C43H48Cl2FN5O5/c1-51(30-13-10-25(11-14-30)43(53)54)24-28-16-36(44)27(19-39(28)55-2)21-49-38-9-5-7-32(34(38)20-47)33-8-4-6-31(42(33)45)26-17-37(46)35(40(18-26)56-3)23-48-22-29-12-15-41(52)50-29/h4-9,16-20,25,29-30,47-49H,10-15,21-24H2,1-3H3,(H,50,52)(H,53,54). The minimum absolute atomic E-state index is 0.0216. The SMILES string of the molecule is COc1cc(CNc2cccc(-c3cccc(-c4cc(F)c(CNCC5CCC(=O)N5)c(OC)c4)c3Cl)c2C=N)c(Cl)cc1CN(C)C1CCC(C(=O)O)CC1. The van der Waals surface area contributed by atoms with E-state index < -0.39 is 11.8 Å². The van der Waals surface area contributed by atoms with Crippen LogP contribution in [0.2, 0.25) is 10.0 Å². The topological polar surface area (TPSA) is 136 Å². The fourth-order valence-corrected chi connectivity index (χ4v) is 8.42. The van der Waals surface area contributed by atoms with Gasteiger partial charge in [0, 0.05) is 89.4 Å². The number of hydrogen-bond acceptors (Lipinski definition) is 8. The molecule has 1 aliphatic carbocycles. The monoisotopic (exact) mass is 803 g/mol. The molecule has 4 aromatic rings. The van der Waals surface area contributed by atoms with Gasteiger partial charge in [-0.2, -0.15) is 0 Å². The summed E-state index contributed by atoms with van der Waals surface area (Å²) in [7, 11) is 5.18. The van der Waals surface area contributed by atoms with Crippen molar-refractivity contribution >= 4 is 47.0 Å². The Labute approximate surface area is 337 Å². The zero-order valence-corrected chi connectivity index (χ0v) is 33.3. The number of nitrogens with one attached hydrogen (secondary N) is 4. The van der Waals surface area contributed by atoms with Crippen LogP contribution < -0.4 is 25.4 Å². The van der Waals surface area contributed by atoms with E-state index in [4.69, 9.17) is 38.1 Å². The molecule has 1 atom stereocenters. The molecule has 2 aliphatic rings. The first kappa shape index (κ1) is 41.0. The number of anilines is 1. The molecule has 0 bridgehead atoms. The van der Waals surface area contributed by atoms with Crippen LogP contribution in [0.5, 0.6) is 11.5 Å². The first-order valence-corrected chi connectivity index (χ1v) is 19.6. The number of carboxylic acid groups (broad SMARTS) is 1. The van der Waals surface area contributed by atoms with Gasteiger partial charge in [0.15, 0.2) is 0 Å². The van der Waals surface area contributed by atoms with Gasteiger partial charge in [-0.1, -0.05) is 53.5 Å². The third-order valence-corrected chi connectivity index (χ3v) is 11.8. The molecule has 1 saturated carbocycles. The molecule has 13 heteroatoms. The van der Waals surface area contributed by atoms with E-state index in [0.717, 1.165) is 36.0 Å². The number of rotatable bonds is 16. The van der Waals surface area contributed by atoms with Gasteiger partial charge < -0.3 is 35.9 Å². The zero-order chi connectivity index (χ0) is 39.9. The van der Waals surface area contributed by atoms with Crippen LogP contribution in [0, 0.1) is 17.1 Å². The molecule has 296 valence electrons. The van der Waals surface area contributed by atoms with Crippen molar-refractivity contribution in [2.24, 2.45) is 5.92 Å². The first-order chi connectivity index (χ1) is 27.0. The molecule has 0 radical (unpaired) electrons. The van der Waals surface area contributed by atoms with E-state index in [-0.39, 0.29) is 30.5 Å². The Morgan fingerprint density at radius 1 is 0.964 bits per heavy atom. The highest BCUT2D eigenvalue weighted by Crippen LogP contribution is 2.41. The lowest BCUT2D eigenvalue weighted by Gasteiger charge is -2.33. The van der Waals surface area contributed by atoms with Crippen molar-refractivity contribution in [2.45, 2.75) is 70.2 Å². The minimum Gasteiger partial charge on any atom is -0.496 e. The van der Waals surface area contributed by atoms with E-state index in [2.05, 4.69) is 27.9 Å². The van der Waals surface area contributed by atoms with Gasteiger partial charge in [0.1, 0.15) is 17.3 Å². The van der Waals surface area contributed by atoms with Crippen molar-refractivity contribution in [1.29, 1.82) is 5.41 Å². The predicted molar refractivity (Wildman–Crippen MR) is 220 cm³/mol. The number of ether oxygens (including phenoxy) is 2. The molecule has 0 aromatic heterocycles. The van der Waals surface area contributed by atoms with Crippen LogP contribution in [0.25, 0.3) is 22.3 Å². The largest absolute Gasteiger partial charge is 0.496 e. The van der Waals surface area contributed by atoms with Crippen molar-refractivity contribution in [3.05, 3.63) is 98.8 Å². The normalized spacial score (nSPS) is 18.1. The van der Waals surface area contributed by atoms with E-state index in [1.165, 1.54) is 19.4 Å². The Morgan fingerprint density at radius 2 is 1.68 bits per heavy atom. The third kappa shape index (κ3) is 9.29. The number of halogens is 3. The van der Waals surface area contributed by atoms with E-state index in [1.807, 2.05) is 48.5 Å². The minimum atomic E-state index is -0.711. The fraction of sp³-hybridized carbons (Fsp3) is 0.372. The molecule has 1 aliphatic heterocycles. The third-order valence-electron chi connectivity index (χ3n) is 11.0. The van der Waals surface area contributed by atoms with Crippen molar-refractivity contribution in [3.8, 4) is 33.8 Å². The van der Waals surface area contributed by atoms with Crippen LogP contribution in [0.1, 0.15) is 60.8 Å². The van der Waals surface area contributed by atoms with Gasteiger partial charge in [-0.25, -0.2) is 4.39 Å². The number of nitrogens with zero attached hydrogens (tertiary/aromatic N) is 1. The molecule has 2 fully saturated rings. The number of benzene rings is 4. The smallest absolute Gasteiger partial charge is 0.306 e. The number of methoxy groups -OCH3 is 2. The summed E-state index contributed by atoms with van der Waals surface area (Å²) in [6, 6.07) is 18.6. The molecule has 1 amide bonds. The zero-order valence-electron chi connectivity index (χ0n) is 31.8. The van der Waals surface area contributed by atoms with Crippen molar-refractivity contribution in [3.63, 3.8) is 0 Å². The van der Waals surface area contributed by atoms with Gasteiger partial charge in [0.2, 0.25) is 5.91 Å². The van der Waals surface area contributed by atoms with Crippen LogP contribution in [0.3, 0.4) is 0 Å². The summed E-state index contributed by atoms with van der Waals surface area (Å²) >= 11 is 13.9. The number of aliphatic carboxylic acids is 1. The van der Waals surface area contributed by atoms with Gasteiger partial charge >= 0.3 is 5.97 Å². The van der Waals surface area contributed by atoms with Crippen molar-refractivity contribution < 1.29 is 28.6 Å². The molecule has 1 unspecified atom stereocenters. The summed E-state index contributed by atoms with van der Waals surface area (Å²) in [5.41, 5.74) is 6.04. The number of amides is 1. The lowest BCUT2D eigenvalue weighted by atomic mass is 9.85. The molecule has 5 N–H and O–H groups in total. The maximum atomic E-state index is 15.7. The summed E-state index contributed by atoms with van der Waals surface area (Å²) in [5.74, 6) is -0.297. The molecule has 4 aromatic carbocycles. The molecule has 1 saturated heterocycles. The van der Waals surface area contributed by atoms with Crippen molar-refractivity contribution in [2.75, 3.05) is 33.1 Å². The average Bonchev–Trinajstić information content (AvgIpc) is 3.62. The first-order valence-electron chi connectivity index (χ1n) is 18.8. The molecular formula is C43H48Cl2FN5O5. The van der Waals surface area contributed by atoms with Gasteiger partial charge in [0.25, 0.3) is 0 Å². The molecule has 0 spiro atoms. The van der Waals surface area contributed by atoms with Gasteiger partial charge in [-0.05, 0) is 86.2 Å². The van der Waals surface area contributed by atoms with Crippen LogP contribution in [0.15, 0.2) is 60.7 Å². The Bertz CT molecular complexity index is 2090. The number of hydrogen-bond donors (Lipinski definition) is 5. The summed E-state index contributed by atoms with van der Waals surface area (Å²) in [5, 5.41) is 28.4. The predicted octanol–water partition coefficient (Wildman–Crippen LogP) is 8.54. The molecule has 6 rings (SSSR count). The van der Waals surface area contributed by atoms with Crippen LogP contribution in [0.4, 0.5) is 10.1 Å². The van der Waals surface area contributed by atoms with Gasteiger partial charge in [-0.3, -0.25) is 14.5 Å². The summed E-state index contributed by atoms with van der Waals surface area (Å²) in [6.45, 7) is 1.73. The number of carboxylic acids is 1. The van der Waals surface area contributed by atoms with E-state index >= 15 is 4.39 Å². The number of carbonyl (C=O) groups excluding carboxylic acids is 1. The van der Waals surface area contributed by atoms with Gasteiger partial charge in [0.05, 0.1) is 25.2 Å². The quantitative estimate of drug-likeness (QED) is 0.0712. The second-order valence-corrected chi connectivity index (χ2v) is 15.3. The van der Waals surface area contributed by atoms with Crippen LogP contribution in [-0.2, 0) is 29.2 Å². The van der Waals surface area contributed by atoms with E-state index in [9.17, 15) is 14.7 Å². The average molecular weight is 805 g/mol. The maximum Gasteiger partial charge on any atom is 0.306 e. The molecule has 10 nitrogen and oxygen atoms in total. The van der Waals surface area contributed by atoms with Gasteiger partial charge in [-0.15, -0.1) is 0 Å². The number of carbonyl (C=O) groups is 2. The highest BCUT2D eigenvalue weighted by molar-refractivity contribution is 6.36. The van der Waals surface area contributed by atoms with E-state index in [1.54, 1.807) is 13.2 Å². The lowest BCUT2D eigenvalue weighted by molar-refractivity contribution is -0.143. The maximum absolute atomic E-state index is 15.7. The molecule has 56 heavy (non-hydrogen) atoms. The molecule has 1 heterocycles. The Morgan fingerprint density at radius 3 is 2.36 bits per heavy atom. The summed E-state index contributed by atoms with van der Waals surface area (Å²) < 4.78 is 27.1. The van der Waals surface area contributed by atoms with Crippen LogP contribution in [-0.4, -0.2) is 68.0 Å². The van der Waals surface area contributed by atoms with Crippen LogP contribution >= 0.6 is 23.2 Å². The van der Waals surface area contributed by atoms with Crippen molar-refractivity contribution in [1.82, 2.24) is 15.5 Å². The lowest BCUT2D eigenvalue weighted by Crippen LogP contribution is -2.36.